The molecule has 2 rings (SSSR count). The third kappa shape index (κ3) is 2.94. The van der Waals surface area contributed by atoms with Gasteiger partial charge in [-0.1, -0.05) is 0 Å². The zero-order chi connectivity index (χ0) is 12.3. The van der Waals surface area contributed by atoms with Gasteiger partial charge in [-0.2, -0.15) is 0 Å². The molecule has 0 aliphatic carbocycles. The van der Waals surface area contributed by atoms with Gasteiger partial charge in [0.15, 0.2) is 0 Å². The van der Waals surface area contributed by atoms with Crippen molar-refractivity contribution in [3.05, 3.63) is 17.6 Å². The molecule has 1 aromatic rings. The summed E-state index contributed by atoms with van der Waals surface area (Å²) in [6.45, 7) is 6.33. The fourth-order valence-electron chi connectivity index (χ4n) is 2.50. The van der Waals surface area contributed by atoms with Gasteiger partial charge in [0.05, 0.1) is 11.4 Å². The number of aromatic nitrogens is 2. The Morgan fingerprint density at radius 2 is 2.29 bits per heavy atom. The second kappa shape index (κ2) is 5.45. The number of hydrogen-bond donors (Lipinski definition) is 1. The van der Waals surface area contributed by atoms with Crippen molar-refractivity contribution in [3.63, 3.8) is 0 Å². The van der Waals surface area contributed by atoms with Gasteiger partial charge in [-0.3, -0.25) is 4.98 Å². The van der Waals surface area contributed by atoms with E-state index in [0.717, 1.165) is 36.7 Å². The number of aliphatic hydroxyl groups is 1. The minimum absolute atomic E-state index is 0.289. The van der Waals surface area contributed by atoms with Crippen molar-refractivity contribution >= 4 is 5.82 Å². The van der Waals surface area contributed by atoms with Gasteiger partial charge in [0.2, 0.25) is 0 Å². The summed E-state index contributed by atoms with van der Waals surface area (Å²) in [5, 5.41) is 9.03. The number of aryl methyl sites for hydroxylation is 2. The average Bonchev–Trinajstić information content (AvgIpc) is 2.33. The van der Waals surface area contributed by atoms with E-state index in [1.54, 1.807) is 0 Å². The van der Waals surface area contributed by atoms with Gasteiger partial charge in [0.25, 0.3) is 0 Å². The lowest BCUT2D eigenvalue weighted by Gasteiger charge is -2.34. The summed E-state index contributed by atoms with van der Waals surface area (Å²) in [5.74, 6) is 1.61. The highest BCUT2D eigenvalue weighted by atomic mass is 16.3. The van der Waals surface area contributed by atoms with E-state index >= 15 is 0 Å². The number of anilines is 1. The molecule has 1 fully saturated rings. The molecule has 2 heterocycles. The van der Waals surface area contributed by atoms with Crippen LogP contribution in [0.2, 0.25) is 0 Å². The van der Waals surface area contributed by atoms with Gasteiger partial charge >= 0.3 is 0 Å². The predicted octanol–water partition coefficient (Wildman–Crippen LogP) is 1.69. The Labute approximate surface area is 103 Å². The smallest absolute Gasteiger partial charge is 0.150 e. The molecule has 1 aromatic heterocycles. The van der Waals surface area contributed by atoms with Crippen LogP contribution in [0.25, 0.3) is 0 Å². The molecular formula is C13H21N3O. The molecule has 4 heteroatoms. The number of nitrogens with zero attached hydrogens (tertiary/aromatic N) is 3. The predicted molar refractivity (Wildman–Crippen MR) is 68.1 cm³/mol. The quantitative estimate of drug-likeness (QED) is 0.866. The molecule has 1 N–H and O–H groups in total. The van der Waals surface area contributed by atoms with Crippen LogP contribution in [0, 0.1) is 19.8 Å². The Morgan fingerprint density at radius 1 is 1.47 bits per heavy atom. The largest absolute Gasteiger partial charge is 0.396 e. The standard InChI is InChI=1S/C13H21N3O/c1-10-8-14-11(2)13(15-10)16-6-3-4-12(9-16)5-7-17/h8,12,17H,3-7,9H2,1-2H3. The monoisotopic (exact) mass is 235 g/mol. The third-order valence-corrected chi connectivity index (χ3v) is 3.41. The third-order valence-electron chi connectivity index (χ3n) is 3.41. The number of piperidine rings is 1. The summed E-state index contributed by atoms with van der Waals surface area (Å²) in [6, 6.07) is 0. The fraction of sp³-hybridized carbons (Fsp3) is 0.692. The first-order valence-electron chi connectivity index (χ1n) is 6.36. The molecular weight excluding hydrogens is 214 g/mol. The Morgan fingerprint density at radius 3 is 3.06 bits per heavy atom. The molecule has 0 saturated carbocycles. The van der Waals surface area contributed by atoms with Crippen LogP contribution in [-0.4, -0.2) is 34.8 Å². The van der Waals surface area contributed by atoms with Crippen molar-refractivity contribution in [2.24, 2.45) is 5.92 Å². The van der Waals surface area contributed by atoms with Crippen LogP contribution in [0.4, 0.5) is 5.82 Å². The van der Waals surface area contributed by atoms with Gasteiger partial charge in [-0.05, 0) is 39.0 Å². The van der Waals surface area contributed by atoms with Crippen LogP contribution in [0.5, 0.6) is 0 Å². The minimum atomic E-state index is 0.289. The summed E-state index contributed by atoms with van der Waals surface area (Å²) >= 11 is 0. The molecule has 4 nitrogen and oxygen atoms in total. The Bertz CT molecular complexity index is 379. The summed E-state index contributed by atoms with van der Waals surface area (Å²) < 4.78 is 0. The molecule has 1 aliphatic heterocycles. The first-order valence-corrected chi connectivity index (χ1v) is 6.36. The van der Waals surface area contributed by atoms with Gasteiger partial charge in [-0.15, -0.1) is 0 Å². The molecule has 1 aliphatic rings. The average molecular weight is 235 g/mol. The first kappa shape index (κ1) is 12.3. The summed E-state index contributed by atoms with van der Waals surface area (Å²) in [6.07, 6.45) is 5.11. The molecule has 0 aromatic carbocycles. The van der Waals surface area contributed by atoms with E-state index in [4.69, 9.17) is 5.11 Å². The molecule has 0 spiro atoms. The molecule has 0 bridgehead atoms. The Hall–Kier alpha value is -1.16. The lowest BCUT2D eigenvalue weighted by atomic mass is 9.95. The first-order chi connectivity index (χ1) is 8.20. The van der Waals surface area contributed by atoms with Crippen molar-refractivity contribution in [3.8, 4) is 0 Å². The molecule has 17 heavy (non-hydrogen) atoms. The maximum absolute atomic E-state index is 9.03. The Kier molecular flexibility index (Phi) is 3.94. The van der Waals surface area contributed by atoms with Gasteiger partial charge in [0, 0.05) is 25.9 Å². The molecule has 94 valence electrons. The Balaban J connectivity index is 2.13. The highest BCUT2D eigenvalue weighted by Crippen LogP contribution is 2.25. The van der Waals surface area contributed by atoms with E-state index in [0.29, 0.717) is 5.92 Å². The summed E-state index contributed by atoms with van der Waals surface area (Å²) in [5.41, 5.74) is 1.97. The number of rotatable bonds is 3. The molecule has 0 amide bonds. The van der Waals surface area contributed by atoms with Crippen LogP contribution in [0.15, 0.2) is 6.20 Å². The lowest BCUT2D eigenvalue weighted by molar-refractivity contribution is 0.244. The van der Waals surface area contributed by atoms with Gasteiger partial charge < -0.3 is 10.0 Å². The van der Waals surface area contributed by atoms with Crippen LogP contribution >= 0.6 is 0 Å². The van der Waals surface area contributed by atoms with Crippen LogP contribution in [0.3, 0.4) is 0 Å². The van der Waals surface area contributed by atoms with E-state index in [9.17, 15) is 0 Å². The SMILES string of the molecule is Cc1cnc(C)c(N2CCCC(CCO)C2)n1. The minimum Gasteiger partial charge on any atom is -0.396 e. The fourth-order valence-corrected chi connectivity index (χ4v) is 2.50. The van der Waals surface area contributed by atoms with E-state index in [-0.39, 0.29) is 6.61 Å². The topological polar surface area (TPSA) is 49.2 Å². The van der Waals surface area contributed by atoms with E-state index < -0.39 is 0 Å². The van der Waals surface area contributed by atoms with Crippen LogP contribution in [0.1, 0.15) is 30.7 Å². The van der Waals surface area contributed by atoms with Crippen molar-refractivity contribution < 1.29 is 5.11 Å². The van der Waals surface area contributed by atoms with Crippen molar-refractivity contribution in [1.29, 1.82) is 0 Å². The summed E-state index contributed by atoms with van der Waals surface area (Å²) in [7, 11) is 0. The number of hydrogen-bond acceptors (Lipinski definition) is 4. The van der Waals surface area contributed by atoms with Gasteiger partial charge in [-0.25, -0.2) is 4.98 Å². The zero-order valence-corrected chi connectivity index (χ0v) is 10.7. The highest BCUT2D eigenvalue weighted by Gasteiger charge is 2.21. The maximum atomic E-state index is 9.03. The van der Waals surface area contributed by atoms with Crippen LogP contribution < -0.4 is 4.90 Å². The molecule has 1 atom stereocenters. The lowest BCUT2D eigenvalue weighted by Crippen LogP contribution is -2.37. The second-order valence-electron chi connectivity index (χ2n) is 4.89. The second-order valence-corrected chi connectivity index (χ2v) is 4.89. The van der Waals surface area contributed by atoms with Crippen molar-refractivity contribution in [2.75, 3.05) is 24.6 Å². The summed E-state index contributed by atoms with van der Waals surface area (Å²) in [4.78, 5) is 11.3. The number of aliphatic hydroxyl groups excluding tert-OH is 1. The van der Waals surface area contributed by atoms with Gasteiger partial charge in [0.1, 0.15) is 5.82 Å². The van der Waals surface area contributed by atoms with Crippen molar-refractivity contribution in [2.45, 2.75) is 33.1 Å². The molecule has 1 unspecified atom stereocenters. The van der Waals surface area contributed by atoms with E-state index in [1.165, 1.54) is 12.8 Å². The van der Waals surface area contributed by atoms with E-state index in [2.05, 4.69) is 14.9 Å². The van der Waals surface area contributed by atoms with Crippen LogP contribution in [-0.2, 0) is 0 Å². The molecule has 0 radical (unpaired) electrons. The van der Waals surface area contributed by atoms with Crippen molar-refractivity contribution in [1.82, 2.24) is 9.97 Å². The zero-order valence-electron chi connectivity index (χ0n) is 10.7. The maximum Gasteiger partial charge on any atom is 0.150 e. The van der Waals surface area contributed by atoms with E-state index in [1.807, 2.05) is 20.0 Å². The normalized spacial score (nSPS) is 20.6. The molecule has 1 saturated heterocycles. The highest BCUT2D eigenvalue weighted by molar-refractivity contribution is 5.43.